The van der Waals surface area contributed by atoms with Crippen molar-refractivity contribution in [2.75, 3.05) is 20.7 Å². The molecule has 1 aromatic rings. The predicted octanol–water partition coefficient (Wildman–Crippen LogP) is 1.37. The Kier molecular flexibility index (Phi) is 6.16. The van der Waals surface area contributed by atoms with Crippen molar-refractivity contribution < 1.29 is 22.4 Å². The summed E-state index contributed by atoms with van der Waals surface area (Å²) >= 11 is 0. The highest BCUT2D eigenvalue weighted by Gasteiger charge is 2.28. The van der Waals surface area contributed by atoms with Gasteiger partial charge in [0.1, 0.15) is 10.7 Å². The number of nitrogens with zero attached hydrogens (tertiary/aromatic N) is 1. The molecule has 0 amide bonds. The van der Waals surface area contributed by atoms with Gasteiger partial charge in [-0.3, -0.25) is 0 Å². The second-order valence-electron chi connectivity index (χ2n) is 5.55. The summed E-state index contributed by atoms with van der Waals surface area (Å²) in [6.07, 6.45) is 0.550. The number of sulfonamides is 1. The molecule has 0 saturated carbocycles. The van der Waals surface area contributed by atoms with Crippen molar-refractivity contribution in [2.45, 2.75) is 38.1 Å². The smallest absolute Gasteiger partial charge is 0.373 e. The molecule has 0 aliphatic heterocycles. The van der Waals surface area contributed by atoms with Crippen LogP contribution in [-0.4, -0.2) is 45.4 Å². The Hall–Kier alpha value is -1.38. The predicted molar refractivity (Wildman–Crippen MR) is 82.0 cm³/mol. The normalized spacial score (nSPS) is 13.6. The average molecular weight is 332 g/mol. The van der Waals surface area contributed by atoms with E-state index in [1.807, 2.05) is 13.8 Å². The van der Waals surface area contributed by atoms with Gasteiger partial charge in [-0.2, -0.15) is 0 Å². The van der Waals surface area contributed by atoms with Crippen LogP contribution in [0, 0.1) is 12.8 Å². The zero-order valence-corrected chi connectivity index (χ0v) is 14.4. The van der Waals surface area contributed by atoms with Gasteiger partial charge in [0.25, 0.3) is 0 Å². The van der Waals surface area contributed by atoms with Gasteiger partial charge in [-0.15, -0.1) is 0 Å². The summed E-state index contributed by atoms with van der Waals surface area (Å²) in [5.74, 6) is -0.419. The molecule has 22 heavy (non-hydrogen) atoms. The molecular formula is C14H24N2O5S. The summed E-state index contributed by atoms with van der Waals surface area (Å²) in [6.45, 7) is 5.76. The molecule has 2 N–H and O–H groups in total. The van der Waals surface area contributed by atoms with Crippen molar-refractivity contribution in [3.63, 3.8) is 0 Å². The number of nitrogens with two attached hydrogens (primary N) is 1. The van der Waals surface area contributed by atoms with E-state index in [-0.39, 0.29) is 28.4 Å². The highest BCUT2D eigenvalue weighted by Crippen LogP contribution is 2.23. The molecule has 1 heterocycles. The fourth-order valence-electron chi connectivity index (χ4n) is 1.87. The van der Waals surface area contributed by atoms with E-state index in [0.717, 1.165) is 0 Å². The van der Waals surface area contributed by atoms with E-state index in [9.17, 15) is 13.2 Å². The Morgan fingerprint density at radius 3 is 2.55 bits per heavy atom. The number of esters is 1. The van der Waals surface area contributed by atoms with Crippen molar-refractivity contribution in [3.8, 4) is 0 Å². The molecule has 7 nitrogen and oxygen atoms in total. The van der Waals surface area contributed by atoms with Gasteiger partial charge < -0.3 is 14.9 Å². The van der Waals surface area contributed by atoms with Crippen LogP contribution in [0.25, 0.3) is 0 Å². The Bertz CT molecular complexity index is 621. The SMILES string of the molecule is COC(=O)c1cc(S(=O)(=O)N(C)CCC(N)C(C)C)c(C)o1. The van der Waals surface area contributed by atoms with E-state index in [2.05, 4.69) is 4.74 Å². The van der Waals surface area contributed by atoms with Gasteiger partial charge in [-0.05, 0) is 19.3 Å². The van der Waals surface area contributed by atoms with Gasteiger partial charge in [0, 0.05) is 25.7 Å². The van der Waals surface area contributed by atoms with Crippen LogP contribution in [-0.2, 0) is 14.8 Å². The largest absolute Gasteiger partial charge is 0.463 e. The van der Waals surface area contributed by atoms with Crippen LogP contribution in [0.15, 0.2) is 15.4 Å². The van der Waals surface area contributed by atoms with Crippen LogP contribution >= 0.6 is 0 Å². The third-order valence-corrected chi connectivity index (χ3v) is 5.54. The minimum Gasteiger partial charge on any atom is -0.463 e. The number of carbonyl (C=O) groups is 1. The highest BCUT2D eigenvalue weighted by molar-refractivity contribution is 7.89. The maximum atomic E-state index is 12.5. The summed E-state index contributed by atoms with van der Waals surface area (Å²) in [5, 5.41) is 0. The highest BCUT2D eigenvalue weighted by atomic mass is 32.2. The minimum absolute atomic E-state index is 0.0338. The molecule has 0 saturated heterocycles. The second kappa shape index (κ2) is 7.26. The fourth-order valence-corrected chi connectivity index (χ4v) is 3.22. The molecule has 0 aliphatic carbocycles. The molecule has 0 spiro atoms. The lowest BCUT2D eigenvalue weighted by Gasteiger charge is -2.20. The van der Waals surface area contributed by atoms with E-state index in [0.29, 0.717) is 13.0 Å². The van der Waals surface area contributed by atoms with Crippen LogP contribution in [0.2, 0.25) is 0 Å². The molecule has 0 aromatic carbocycles. The lowest BCUT2D eigenvalue weighted by molar-refractivity contribution is 0.0563. The molecular weight excluding hydrogens is 308 g/mol. The molecule has 126 valence electrons. The van der Waals surface area contributed by atoms with Gasteiger partial charge >= 0.3 is 5.97 Å². The quantitative estimate of drug-likeness (QED) is 0.756. The van der Waals surface area contributed by atoms with Crippen LogP contribution in [0.3, 0.4) is 0 Å². The van der Waals surface area contributed by atoms with E-state index < -0.39 is 16.0 Å². The summed E-state index contributed by atoms with van der Waals surface area (Å²) in [5.41, 5.74) is 5.94. The van der Waals surface area contributed by atoms with Crippen molar-refractivity contribution in [1.82, 2.24) is 4.31 Å². The summed E-state index contributed by atoms with van der Waals surface area (Å²) < 4.78 is 36.0. The van der Waals surface area contributed by atoms with Gasteiger partial charge in [-0.25, -0.2) is 17.5 Å². The summed E-state index contributed by atoms with van der Waals surface area (Å²) in [6, 6.07) is 1.11. The number of rotatable bonds is 7. The molecule has 0 bridgehead atoms. The van der Waals surface area contributed by atoms with E-state index in [4.69, 9.17) is 10.2 Å². The molecule has 0 aliphatic rings. The zero-order valence-electron chi connectivity index (χ0n) is 13.6. The van der Waals surface area contributed by atoms with E-state index >= 15 is 0 Å². The van der Waals surface area contributed by atoms with Crippen LogP contribution in [0.1, 0.15) is 36.6 Å². The molecule has 1 unspecified atom stereocenters. The number of furan rings is 1. The first kappa shape index (κ1) is 18.7. The topological polar surface area (TPSA) is 103 Å². The van der Waals surface area contributed by atoms with Gasteiger partial charge in [-0.1, -0.05) is 13.8 Å². The first-order valence-corrected chi connectivity index (χ1v) is 8.46. The molecule has 0 fully saturated rings. The number of carbonyl (C=O) groups excluding carboxylic acids is 1. The maximum absolute atomic E-state index is 12.5. The summed E-state index contributed by atoms with van der Waals surface area (Å²) in [4.78, 5) is 11.4. The van der Waals surface area contributed by atoms with Crippen LogP contribution in [0.5, 0.6) is 0 Å². The van der Waals surface area contributed by atoms with Crippen molar-refractivity contribution in [1.29, 1.82) is 0 Å². The third kappa shape index (κ3) is 4.08. The third-order valence-electron chi connectivity index (χ3n) is 3.58. The average Bonchev–Trinajstić information content (AvgIpc) is 2.85. The molecule has 1 aromatic heterocycles. The Morgan fingerprint density at radius 2 is 2.05 bits per heavy atom. The first-order valence-electron chi connectivity index (χ1n) is 7.02. The number of methoxy groups -OCH3 is 1. The van der Waals surface area contributed by atoms with Crippen molar-refractivity contribution in [3.05, 3.63) is 17.6 Å². The molecule has 1 rings (SSSR count). The fraction of sp³-hybridized carbons (Fsp3) is 0.643. The first-order chi connectivity index (χ1) is 10.1. The molecule has 1 atom stereocenters. The molecule has 0 radical (unpaired) electrons. The number of aryl methyl sites for hydroxylation is 1. The Labute approximate surface area is 131 Å². The maximum Gasteiger partial charge on any atom is 0.373 e. The Morgan fingerprint density at radius 1 is 1.45 bits per heavy atom. The lowest BCUT2D eigenvalue weighted by Crippen LogP contribution is -2.34. The van der Waals surface area contributed by atoms with Gasteiger partial charge in [0.2, 0.25) is 15.8 Å². The van der Waals surface area contributed by atoms with Gasteiger partial charge in [0.15, 0.2) is 0 Å². The number of hydrogen-bond acceptors (Lipinski definition) is 6. The minimum atomic E-state index is -3.74. The van der Waals surface area contributed by atoms with Crippen molar-refractivity contribution in [2.24, 2.45) is 11.7 Å². The van der Waals surface area contributed by atoms with Crippen LogP contribution in [0.4, 0.5) is 0 Å². The lowest BCUT2D eigenvalue weighted by atomic mass is 10.0. The van der Waals surface area contributed by atoms with Gasteiger partial charge in [0.05, 0.1) is 7.11 Å². The standard InChI is InChI=1S/C14H24N2O5S/c1-9(2)11(15)6-7-16(4)22(18,19)13-8-12(14(17)20-5)21-10(13)3/h8-9,11H,6-7,15H2,1-5H3. The Balaban J connectivity index is 2.94. The number of hydrogen-bond donors (Lipinski definition) is 1. The molecule has 8 heteroatoms. The monoisotopic (exact) mass is 332 g/mol. The van der Waals surface area contributed by atoms with E-state index in [1.165, 1.54) is 31.5 Å². The van der Waals surface area contributed by atoms with E-state index in [1.54, 1.807) is 0 Å². The number of ether oxygens (including phenoxy) is 1. The second-order valence-corrected chi connectivity index (χ2v) is 7.56. The zero-order chi connectivity index (χ0) is 17.1. The summed E-state index contributed by atoms with van der Waals surface area (Å²) in [7, 11) is -1.05. The van der Waals surface area contributed by atoms with Crippen molar-refractivity contribution >= 4 is 16.0 Å². The van der Waals surface area contributed by atoms with Crippen LogP contribution < -0.4 is 5.73 Å².